The first-order valence-corrected chi connectivity index (χ1v) is 10.4. The summed E-state index contributed by atoms with van der Waals surface area (Å²) in [5.41, 5.74) is 3.78. The monoisotopic (exact) mass is 426 g/mol. The highest BCUT2D eigenvalue weighted by Gasteiger charge is 2.14. The average Bonchev–Trinajstić information content (AvgIpc) is 2.80. The normalized spacial score (nSPS) is 11.0. The lowest BCUT2D eigenvalue weighted by atomic mass is 9.99. The molecule has 32 heavy (non-hydrogen) atoms. The third-order valence-corrected chi connectivity index (χ3v) is 5.38. The number of terminal acetylenes is 1. The molecule has 4 nitrogen and oxygen atoms in total. The predicted octanol–water partition coefficient (Wildman–Crippen LogP) is 5.39. The van der Waals surface area contributed by atoms with Gasteiger partial charge in [0.05, 0.1) is 17.8 Å². The van der Waals surface area contributed by atoms with Gasteiger partial charge in [-0.3, -0.25) is 4.57 Å². The van der Waals surface area contributed by atoms with Crippen LogP contribution in [0, 0.1) is 18.2 Å². The Morgan fingerprint density at radius 2 is 1.78 bits per heavy atom. The Labute approximate surface area is 186 Å². The first-order valence-electron chi connectivity index (χ1n) is 10.4. The Morgan fingerprint density at radius 3 is 2.44 bits per heavy atom. The number of benzene rings is 3. The molecule has 0 bridgehead atoms. The minimum absolute atomic E-state index is 0.145. The lowest BCUT2D eigenvalue weighted by Gasteiger charge is -2.15. The average molecular weight is 426 g/mol. The molecule has 0 N–H and O–H groups in total. The molecule has 4 aromatic rings. The molecule has 0 saturated heterocycles. The molecule has 0 amide bonds. The molecule has 1 heterocycles. The fourth-order valence-electron chi connectivity index (χ4n) is 3.65. The second-order valence-corrected chi connectivity index (χ2v) is 7.90. The van der Waals surface area contributed by atoms with E-state index in [9.17, 15) is 9.18 Å². The van der Waals surface area contributed by atoms with Crippen molar-refractivity contribution in [2.75, 3.05) is 6.61 Å². The summed E-state index contributed by atoms with van der Waals surface area (Å²) in [6.07, 6.45) is 5.33. The number of fused-ring (bicyclic) bond motifs is 1. The molecule has 0 fully saturated rings. The van der Waals surface area contributed by atoms with Crippen molar-refractivity contribution in [1.29, 1.82) is 0 Å². The van der Waals surface area contributed by atoms with Gasteiger partial charge in [0, 0.05) is 10.9 Å². The summed E-state index contributed by atoms with van der Waals surface area (Å²) < 4.78 is 20.5. The molecule has 0 saturated carbocycles. The van der Waals surface area contributed by atoms with Crippen molar-refractivity contribution in [1.82, 2.24) is 9.55 Å². The van der Waals surface area contributed by atoms with Crippen LogP contribution in [0.1, 0.15) is 30.9 Å². The first-order chi connectivity index (χ1) is 15.5. The zero-order chi connectivity index (χ0) is 22.7. The molecule has 0 aliphatic carbocycles. The van der Waals surface area contributed by atoms with Gasteiger partial charge in [0.2, 0.25) is 0 Å². The SMILES string of the molecule is C#CCOc1ccc2c(c1)c(-c1ccc(C(C)C)cc1)nc(=O)n2Cc1ccc(F)cc1. The molecule has 4 rings (SSSR count). The number of ether oxygens (including phenoxy) is 1. The Balaban J connectivity index is 1.88. The topological polar surface area (TPSA) is 44.1 Å². The van der Waals surface area contributed by atoms with Crippen molar-refractivity contribution in [3.8, 4) is 29.4 Å². The maximum atomic E-state index is 13.3. The minimum atomic E-state index is -0.373. The standard InChI is InChI=1S/C27H23FN2O2/c1-4-15-32-23-13-14-25-24(16-23)26(21-9-7-20(8-10-21)18(2)3)29-27(31)30(25)17-19-5-11-22(28)12-6-19/h1,5-14,16,18H,15,17H2,2-3H3. The van der Waals surface area contributed by atoms with Crippen molar-refractivity contribution >= 4 is 10.9 Å². The molecule has 0 atom stereocenters. The molecule has 0 radical (unpaired) electrons. The van der Waals surface area contributed by atoms with E-state index in [1.807, 2.05) is 24.3 Å². The summed E-state index contributed by atoms with van der Waals surface area (Å²) in [5, 5.41) is 0.776. The van der Waals surface area contributed by atoms with E-state index in [-0.39, 0.29) is 24.7 Å². The molecule has 1 aromatic heterocycles. The zero-order valence-corrected chi connectivity index (χ0v) is 18.0. The molecule has 5 heteroatoms. The number of hydrogen-bond donors (Lipinski definition) is 0. The Morgan fingerprint density at radius 1 is 1.06 bits per heavy atom. The van der Waals surface area contributed by atoms with E-state index in [0.717, 1.165) is 16.5 Å². The third-order valence-electron chi connectivity index (χ3n) is 5.38. The Bertz CT molecular complexity index is 1350. The van der Waals surface area contributed by atoms with Crippen LogP contribution >= 0.6 is 0 Å². The number of nitrogens with zero attached hydrogens (tertiary/aromatic N) is 2. The van der Waals surface area contributed by atoms with E-state index in [1.165, 1.54) is 17.7 Å². The molecular formula is C27H23FN2O2. The van der Waals surface area contributed by atoms with Gasteiger partial charge >= 0.3 is 5.69 Å². The van der Waals surface area contributed by atoms with Gasteiger partial charge in [0.15, 0.2) is 0 Å². The van der Waals surface area contributed by atoms with Gasteiger partial charge in [-0.25, -0.2) is 9.18 Å². The lowest BCUT2D eigenvalue weighted by Crippen LogP contribution is -2.24. The van der Waals surface area contributed by atoms with E-state index in [4.69, 9.17) is 11.2 Å². The number of rotatable bonds is 6. The van der Waals surface area contributed by atoms with Crippen molar-refractivity contribution in [3.63, 3.8) is 0 Å². The van der Waals surface area contributed by atoms with Crippen LogP contribution in [0.15, 0.2) is 71.5 Å². The summed E-state index contributed by atoms with van der Waals surface area (Å²) in [4.78, 5) is 17.5. The molecule has 0 aliphatic heterocycles. The largest absolute Gasteiger partial charge is 0.481 e. The molecule has 0 unspecified atom stereocenters. The quantitative estimate of drug-likeness (QED) is 0.389. The van der Waals surface area contributed by atoms with Crippen molar-refractivity contribution < 1.29 is 9.13 Å². The van der Waals surface area contributed by atoms with Gasteiger partial charge in [0.1, 0.15) is 18.2 Å². The smallest absolute Gasteiger partial charge is 0.348 e. The summed E-state index contributed by atoms with van der Waals surface area (Å²) in [6, 6.07) is 19.6. The molecule has 3 aromatic carbocycles. The van der Waals surface area contributed by atoms with E-state index >= 15 is 0 Å². The van der Waals surface area contributed by atoms with Gasteiger partial charge in [-0.05, 0) is 47.4 Å². The fourth-order valence-corrected chi connectivity index (χ4v) is 3.65. The van der Waals surface area contributed by atoms with Gasteiger partial charge in [-0.1, -0.05) is 56.2 Å². The highest BCUT2D eigenvalue weighted by molar-refractivity contribution is 5.93. The van der Waals surface area contributed by atoms with Crippen LogP contribution < -0.4 is 10.4 Å². The van der Waals surface area contributed by atoms with Gasteiger partial charge in [-0.2, -0.15) is 4.98 Å². The van der Waals surface area contributed by atoms with Crippen LogP contribution in [-0.2, 0) is 6.54 Å². The maximum Gasteiger partial charge on any atom is 0.348 e. The molecule has 0 spiro atoms. The van der Waals surface area contributed by atoms with Crippen LogP contribution in [-0.4, -0.2) is 16.2 Å². The Hall–Kier alpha value is -3.91. The van der Waals surface area contributed by atoms with E-state index in [2.05, 4.69) is 36.9 Å². The van der Waals surface area contributed by atoms with Crippen LogP contribution in [0.2, 0.25) is 0 Å². The summed E-state index contributed by atoms with van der Waals surface area (Å²) in [6.45, 7) is 4.69. The minimum Gasteiger partial charge on any atom is -0.481 e. The van der Waals surface area contributed by atoms with Crippen molar-refractivity contribution in [3.05, 3.63) is 94.2 Å². The van der Waals surface area contributed by atoms with Crippen molar-refractivity contribution in [2.24, 2.45) is 0 Å². The number of hydrogen-bond acceptors (Lipinski definition) is 3. The summed E-state index contributed by atoms with van der Waals surface area (Å²) in [7, 11) is 0. The van der Waals surface area contributed by atoms with E-state index < -0.39 is 0 Å². The van der Waals surface area contributed by atoms with Gasteiger partial charge < -0.3 is 4.74 Å². The molecule has 160 valence electrons. The fraction of sp³-hybridized carbons (Fsp3) is 0.185. The zero-order valence-electron chi connectivity index (χ0n) is 18.0. The molecule has 0 aliphatic rings. The number of aromatic nitrogens is 2. The maximum absolute atomic E-state index is 13.3. The number of halogens is 1. The summed E-state index contributed by atoms with van der Waals surface area (Å²) in [5.74, 6) is 3.15. The van der Waals surface area contributed by atoms with Crippen molar-refractivity contribution in [2.45, 2.75) is 26.3 Å². The van der Waals surface area contributed by atoms with Crippen LogP contribution in [0.3, 0.4) is 0 Å². The highest BCUT2D eigenvalue weighted by Crippen LogP contribution is 2.30. The van der Waals surface area contributed by atoms with Gasteiger partial charge in [0.25, 0.3) is 0 Å². The lowest BCUT2D eigenvalue weighted by molar-refractivity contribution is 0.371. The first kappa shape index (κ1) is 21.3. The van der Waals surface area contributed by atoms with Gasteiger partial charge in [-0.15, -0.1) is 6.42 Å². The van der Waals surface area contributed by atoms with Crippen LogP contribution in [0.4, 0.5) is 4.39 Å². The second-order valence-electron chi connectivity index (χ2n) is 7.90. The Kier molecular flexibility index (Phi) is 6.04. The summed E-state index contributed by atoms with van der Waals surface area (Å²) >= 11 is 0. The van der Waals surface area contributed by atoms with Crippen LogP contribution in [0.5, 0.6) is 5.75 Å². The van der Waals surface area contributed by atoms with Crippen LogP contribution in [0.25, 0.3) is 22.2 Å². The second kappa shape index (κ2) is 9.07. The highest BCUT2D eigenvalue weighted by atomic mass is 19.1. The molecular weight excluding hydrogens is 403 g/mol. The predicted molar refractivity (Wildman–Crippen MR) is 125 cm³/mol. The van der Waals surface area contributed by atoms with E-state index in [1.54, 1.807) is 22.8 Å². The third kappa shape index (κ3) is 4.40. The van der Waals surface area contributed by atoms with E-state index in [0.29, 0.717) is 22.9 Å².